The van der Waals surface area contributed by atoms with Crippen molar-refractivity contribution in [1.29, 1.82) is 0 Å². The summed E-state index contributed by atoms with van der Waals surface area (Å²) in [4.78, 5) is 13.2. The van der Waals surface area contributed by atoms with Gasteiger partial charge in [0.15, 0.2) is 0 Å². The maximum absolute atomic E-state index is 6.05. The fraction of sp³-hybridized carbons (Fsp3) is 0.211. The van der Waals surface area contributed by atoms with Crippen LogP contribution in [-0.2, 0) is 6.42 Å². The SMILES string of the molecule is Cc1cc(-c2ncc(Cc3cnccc3C)cc2C)ncc1Cl. The summed E-state index contributed by atoms with van der Waals surface area (Å²) in [6.45, 7) is 6.14. The summed E-state index contributed by atoms with van der Waals surface area (Å²) in [5, 5.41) is 0.676. The molecule has 0 saturated heterocycles. The van der Waals surface area contributed by atoms with Crippen LogP contribution in [0, 0.1) is 20.8 Å². The highest BCUT2D eigenvalue weighted by atomic mass is 35.5. The molecule has 0 spiro atoms. The van der Waals surface area contributed by atoms with E-state index in [2.05, 4.69) is 34.9 Å². The second-order valence-corrected chi connectivity index (χ2v) is 6.21. The summed E-state index contributed by atoms with van der Waals surface area (Å²) in [5.41, 5.74) is 7.52. The molecule has 0 saturated carbocycles. The molecule has 116 valence electrons. The topological polar surface area (TPSA) is 38.7 Å². The minimum Gasteiger partial charge on any atom is -0.264 e. The van der Waals surface area contributed by atoms with Crippen LogP contribution in [0.25, 0.3) is 11.4 Å². The molecule has 0 aliphatic rings. The molecular weight excluding hydrogens is 306 g/mol. The Balaban J connectivity index is 1.91. The summed E-state index contributed by atoms with van der Waals surface area (Å²) in [6, 6.07) is 6.17. The summed E-state index contributed by atoms with van der Waals surface area (Å²) >= 11 is 6.05. The zero-order valence-electron chi connectivity index (χ0n) is 13.5. The third kappa shape index (κ3) is 3.40. The molecule has 0 N–H and O–H groups in total. The highest BCUT2D eigenvalue weighted by Crippen LogP contribution is 2.24. The normalized spacial score (nSPS) is 10.8. The lowest BCUT2D eigenvalue weighted by Crippen LogP contribution is -1.97. The maximum atomic E-state index is 6.05. The molecule has 0 radical (unpaired) electrons. The van der Waals surface area contributed by atoms with Gasteiger partial charge in [0.2, 0.25) is 0 Å². The lowest BCUT2D eigenvalue weighted by molar-refractivity contribution is 1.08. The van der Waals surface area contributed by atoms with Gasteiger partial charge in [0.05, 0.1) is 16.4 Å². The standard InChI is InChI=1S/C19H18ClN3/c1-12-4-5-21-10-16(12)8-15-6-14(3)19(23-9-15)18-7-13(2)17(20)11-22-18/h4-7,9-11H,8H2,1-3H3. The van der Waals surface area contributed by atoms with Gasteiger partial charge < -0.3 is 0 Å². The van der Waals surface area contributed by atoms with Crippen molar-refractivity contribution in [3.05, 3.63) is 75.8 Å². The lowest BCUT2D eigenvalue weighted by atomic mass is 10.0. The van der Waals surface area contributed by atoms with Crippen LogP contribution in [0.4, 0.5) is 0 Å². The van der Waals surface area contributed by atoms with Crippen LogP contribution in [0.3, 0.4) is 0 Å². The van der Waals surface area contributed by atoms with Crippen molar-refractivity contribution in [2.45, 2.75) is 27.2 Å². The van der Waals surface area contributed by atoms with Gasteiger partial charge in [-0.2, -0.15) is 0 Å². The van der Waals surface area contributed by atoms with Crippen LogP contribution in [-0.4, -0.2) is 15.0 Å². The third-order valence-electron chi connectivity index (χ3n) is 3.97. The average molecular weight is 324 g/mol. The molecule has 3 heterocycles. The van der Waals surface area contributed by atoms with Crippen molar-refractivity contribution in [1.82, 2.24) is 15.0 Å². The molecule has 3 nitrogen and oxygen atoms in total. The van der Waals surface area contributed by atoms with E-state index in [1.807, 2.05) is 37.6 Å². The Hall–Kier alpha value is -2.26. The van der Waals surface area contributed by atoms with Gasteiger partial charge in [0, 0.05) is 31.2 Å². The van der Waals surface area contributed by atoms with Crippen molar-refractivity contribution in [2.24, 2.45) is 0 Å². The molecule has 3 aromatic heterocycles. The second kappa shape index (κ2) is 6.47. The van der Waals surface area contributed by atoms with Crippen LogP contribution in [0.5, 0.6) is 0 Å². The molecule has 0 bridgehead atoms. The van der Waals surface area contributed by atoms with Gasteiger partial charge in [-0.05, 0) is 60.7 Å². The number of pyridine rings is 3. The number of aromatic nitrogens is 3. The minimum atomic E-state index is 0.676. The number of halogens is 1. The van der Waals surface area contributed by atoms with E-state index in [4.69, 9.17) is 11.6 Å². The minimum absolute atomic E-state index is 0.676. The quantitative estimate of drug-likeness (QED) is 0.700. The average Bonchev–Trinajstić information content (AvgIpc) is 2.53. The molecule has 4 heteroatoms. The number of hydrogen-bond acceptors (Lipinski definition) is 3. The van der Waals surface area contributed by atoms with Gasteiger partial charge in [0.25, 0.3) is 0 Å². The first-order valence-corrected chi connectivity index (χ1v) is 7.90. The predicted octanol–water partition coefficient (Wildman–Crippen LogP) is 4.71. The predicted molar refractivity (Wildman–Crippen MR) is 93.7 cm³/mol. The van der Waals surface area contributed by atoms with E-state index in [1.54, 1.807) is 6.20 Å². The summed E-state index contributed by atoms with van der Waals surface area (Å²) in [6.07, 6.45) is 8.17. The Labute approximate surface area is 141 Å². The van der Waals surface area contributed by atoms with Crippen LogP contribution < -0.4 is 0 Å². The molecule has 0 aromatic carbocycles. The van der Waals surface area contributed by atoms with Gasteiger partial charge in [-0.3, -0.25) is 15.0 Å². The van der Waals surface area contributed by atoms with Crippen LogP contribution >= 0.6 is 11.6 Å². The molecule has 3 rings (SSSR count). The van der Waals surface area contributed by atoms with E-state index in [1.165, 1.54) is 16.7 Å². The van der Waals surface area contributed by atoms with E-state index >= 15 is 0 Å². The highest BCUT2D eigenvalue weighted by molar-refractivity contribution is 6.31. The molecular formula is C19H18ClN3. The first-order valence-electron chi connectivity index (χ1n) is 7.52. The van der Waals surface area contributed by atoms with E-state index in [0.717, 1.165) is 28.9 Å². The van der Waals surface area contributed by atoms with Crippen molar-refractivity contribution >= 4 is 11.6 Å². The molecule has 0 aliphatic carbocycles. The van der Waals surface area contributed by atoms with E-state index in [-0.39, 0.29) is 0 Å². The number of hydrogen-bond donors (Lipinski definition) is 0. The van der Waals surface area contributed by atoms with E-state index < -0.39 is 0 Å². The molecule has 0 aliphatic heterocycles. The molecule has 23 heavy (non-hydrogen) atoms. The molecule has 0 fully saturated rings. The van der Waals surface area contributed by atoms with Crippen molar-refractivity contribution in [3.8, 4) is 11.4 Å². The zero-order chi connectivity index (χ0) is 16.4. The Morgan fingerprint density at radius 2 is 1.74 bits per heavy atom. The molecule has 0 unspecified atom stereocenters. The monoisotopic (exact) mass is 323 g/mol. The first-order chi connectivity index (χ1) is 11.0. The van der Waals surface area contributed by atoms with Gasteiger partial charge in [-0.15, -0.1) is 0 Å². The molecule has 0 amide bonds. The fourth-order valence-electron chi connectivity index (χ4n) is 2.57. The Bertz CT molecular complexity index is 859. The third-order valence-corrected chi connectivity index (χ3v) is 4.36. The molecule has 0 atom stereocenters. The lowest BCUT2D eigenvalue weighted by Gasteiger charge is -2.09. The smallest absolute Gasteiger partial charge is 0.0915 e. The van der Waals surface area contributed by atoms with Crippen LogP contribution in [0.2, 0.25) is 5.02 Å². The Morgan fingerprint density at radius 3 is 2.43 bits per heavy atom. The van der Waals surface area contributed by atoms with Crippen molar-refractivity contribution < 1.29 is 0 Å². The van der Waals surface area contributed by atoms with Gasteiger partial charge in [-0.25, -0.2) is 0 Å². The largest absolute Gasteiger partial charge is 0.264 e. The fourth-order valence-corrected chi connectivity index (χ4v) is 2.67. The van der Waals surface area contributed by atoms with E-state index in [0.29, 0.717) is 5.02 Å². The zero-order valence-corrected chi connectivity index (χ0v) is 14.2. The number of rotatable bonds is 3. The van der Waals surface area contributed by atoms with Crippen molar-refractivity contribution in [2.75, 3.05) is 0 Å². The van der Waals surface area contributed by atoms with Gasteiger partial charge in [-0.1, -0.05) is 17.7 Å². The Kier molecular flexibility index (Phi) is 4.39. The Morgan fingerprint density at radius 1 is 0.913 bits per heavy atom. The number of aryl methyl sites for hydroxylation is 3. The van der Waals surface area contributed by atoms with Gasteiger partial charge >= 0.3 is 0 Å². The summed E-state index contributed by atoms with van der Waals surface area (Å²) in [5.74, 6) is 0. The maximum Gasteiger partial charge on any atom is 0.0915 e. The summed E-state index contributed by atoms with van der Waals surface area (Å²) in [7, 11) is 0. The molecule has 3 aromatic rings. The number of nitrogens with zero attached hydrogens (tertiary/aromatic N) is 3. The van der Waals surface area contributed by atoms with Crippen LogP contribution in [0.15, 0.2) is 43.0 Å². The highest BCUT2D eigenvalue weighted by Gasteiger charge is 2.09. The van der Waals surface area contributed by atoms with Gasteiger partial charge in [0.1, 0.15) is 0 Å². The first kappa shape index (κ1) is 15.6. The van der Waals surface area contributed by atoms with Crippen molar-refractivity contribution in [3.63, 3.8) is 0 Å². The summed E-state index contributed by atoms with van der Waals surface area (Å²) < 4.78 is 0. The van der Waals surface area contributed by atoms with Crippen LogP contribution in [0.1, 0.15) is 27.8 Å². The second-order valence-electron chi connectivity index (χ2n) is 5.81. The van der Waals surface area contributed by atoms with E-state index in [9.17, 15) is 0 Å².